The maximum atomic E-state index is 12.9. The van der Waals surface area contributed by atoms with Crippen molar-refractivity contribution in [3.05, 3.63) is 53.9 Å². The van der Waals surface area contributed by atoms with E-state index in [0.717, 1.165) is 23.4 Å². The standard InChI is InChI=1S/C22H24N4O4S/c1-28-18-6-4-5-17(11-18)26-14-23-24-22(26)31-13-21(27)25-8-7-15-9-19(29-2)20(30-3)10-16(15)12-25/h4-6,9-11,14H,7-8,12-13H2,1-3H3. The summed E-state index contributed by atoms with van der Waals surface area (Å²) in [5.41, 5.74) is 3.15. The molecule has 0 spiro atoms. The van der Waals surface area contributed by atoms with Crippen LogP contribution >= 0.6 is 11.8 Å². The Bertz CT molecular complexity index is 1090. The lowest BCUT2D eigenvalue weighted by molar-refractivity contribution is -0.129. The van der Waals surface area contributed by atoms with Gasteiger partial charge in [-0.05, 0) is 41.8 Å². The summed E-state index contributed by atoms with van der Waals surface area (Å²) in [5, 5.41) is 8.84. The number of nitrogens with zero attached hydrogens (tertiary/aromatic N) is 4. The van der Waals surface area contributed by atoms with E-state index in [-0.39, 0.29) is 11.7 Å². The predicted molar refractivity (Wildman–Crippen MR) is 117 cm³/mol. The number of fused-ring (bicyclic) bond motifs is 1. The van der Waals surface area contributed by atoms with Crippen molar-refractivity contribution < 1.29 is 19.0 Å². The number of benzene rings is 2. The van der Waals surface area contributed by atoms with Gasteiger partial charge in [0.05, 0.1) is 32.8 Å². The summed E-state index contributed by atoms with van der Waals surface area (Å²) in [6.07, 6.45) is 2.42. The summed E-state index contributed by atoms with van der Waals surface area (Å²) in [5.74, 6) is 2.48. The van der Waals surface area contributed by atoms with Gasteiger partial charge in [-0.25, -0.2) is 0 Å². The molecule has 9 heteroatoms. The summed E-state index contributed by atoms with van der Waals surface area (Å²) >= 11 is 1.37. The summed E-state index contributed by atoms with van der Waals surface area (Å²) in [7, 11) is 4.87. The number of hydrogen-bond acceptors (Lipinski definition) is 7. The molecule has 0 unspecified atom stereocenters. The molecule has 4 rings (SSSR count). The van der Waals surface area contributed by atoms with Crippen molar-refractivity contribution in [1.29, 1.82) is 0 Å². The topological polar surface area (TPSA) is 78.7 Å². The number of rotatable bonds is 7. The maximum Gasteiger partial charge on any atom is 0.233 e. The highest BCUT2D eigenvalue weighted by atomic mass is 32.2. The molecule has 1 aromatic heterocycles. The second-order valence-corrected chi connectivity index (χ2v) is 7.96. The second kappa shape index (κ2) is 9.30. The van der Waals surface area contributed by atoms with E-state index in [9.17, 15) is 4.79 Å². The van der Waals surface area contributed by atoms with E-state index in [1.54, 1.807) is 27.7 Å². The Morgan fingerprint density at radius 3 is 2.58 bits per heavy atom. The first kappa shape index (κ1) is 21.0. The molecule has 0 saturated carbocycles. The molecule has 0 fully saturated rings. The summed E-state index contributed by atoms with van der Waals surface area (Å²) in [6, 6.07) is 11.6. The Balaban J connectivity index is 1.43. The van der Waals surface area contributed by atoms with Crippen molar-refractivity contribution in [2.45, 2.75) is 18.1 Å². The third-order valence-electron chi connectivity index (χ3n) is 5.24. The van der Waals surface area contributed by atoms with Crippen molar-refractivity contribution in [2.24, 2.45) is 0 Å². The molecule has 162 valence electrons. The van der Waals surface area contributed by atoms with E-state index in [2.05, 4.69) is 10.2 Å². The van der Waals surface area contributed by atoms with E-state index in [1.807, 2.05) is 45.9 Å². The van der Waals surface area contributed by atoms with Gasteiger partial charge in [-0.1, -0.05) is 17.8 Å². The molecule has 1 aliphatic rings. The van der Waals surface area contributed by atoms with Crippen molar-refractivity contribution in [1.82, 2.24) is 19.7 Å². The normalized spacial score (nSPS) is 12.9. The summed E-state index contributed by atoms with van der Waals surface area (Å²) < 4.78 is 17.9. The highest BCUT2D eigenvalue weighted by Crippen LogP contribution is 2.33. The molecule has 0 atom stereocenters. The number of hydrogen-bond donors (Lipinski definition) is 0. The van der Waals surface area contributed by atoms with Crippen molar-refractivity contribution in [3.8, 4) is 22.9 Å². The SMILES string of the molecule is COc1cccc(-n2cnnc2SCC(=O)N2CCc3cc(OC)c(OC)cc3C2)c1. The van der Waals surface area contributed by atoms with E-state index in [1.165, 1.54) is 17.3 Å². The third-order valence-corrected chi connectivity index (χ3v) is 6.17. The third kappa shape index (κ3) is 4.46. The Labute approximate surface area is 185 Å². The van der Waals surface area contributed by atoms with E-state index in [0.29, 0.717) is 29.7 Å². The molecule has 0 N–H and O–H groups in total. The predicted octanol–water partition coefficient (Wildman–Crippen LogP) is 2.97. The van der Waals surface area contributed by atoms with Gasteiger partial charge >= 0.3 is 0 Å². The minimum atomic E-state index is 0.0608. The molecular weight excluding hydrogens is 416 g/mol. The highest BCUT2D eigenvalue weighted by Gasteiger charge is 2.23. The zero-order valence-electron chi connectivity index (χ0n) is 17.7. The van der Waals surface area contributed by atoms with Gasteiger partial charge in [0, 0.05) is 19.2 Å². The molecule has 0 saturated heterocycles. The summed E-state index contributed by atoms with van der Waals surface area (Å²) in [4.78, 5) is 14.8. The number of methoxy groups -OCH3 is 3. The van der Waals surface area contributed by atoms with Gasteiger partial charge in [0.15, 0.2) is 16.7 Å². The van der Waals surface area contributed by atoms with Gasteiger partial charge in [-0.3, -0.25) is 9.36 Å². The Morgan fingerprint density at radius 2 is 1.84 bits per heavy atom. The lowest BCUT2D eigenvalue weighted by Gasteiger charge is -2.29. The maximum absolute atomic E-state index is 12.9. The lowest BCUT2D eigenvalue weighted by Crippen LogP contribution is -2.37. The number of carbonyl (C=O) groups is 1. The van der Waals surface area contributed by atoms with Crippen LogP contribution in [0.3, 0.4) is 0 Å². The monoisotopic (exact) mass is 440 g/mol. The minimum absolute atomic E-state index is 0.0608. The largest absolute Gasteiger partial charge is 0.497 e. The Morgan fingerprint density at radius 1 is 1.06 bits per heavy atom. The zero-order chi connectivity index (χ0) is 21.8. The average molecular weight is 441 g/mol. The van der Waals surface area contributed by atoms with Crippen LogP contribution in [0.1, 0.15) is 11.1 Å². The lowest BCUT2D eigenvalue weighted by atomic mass is 9.99. The minimum Gasteiger partial charge on any atom is -0.497 e. The van der Waals surface area contributed by atoms with Crippen LogP contribution in [0.2, 0.25) is 0 Å². The van der Waals surface area contributed by atoms with E-state index >= 15 is 0 Å². The molecule has 0 radical (unpaired) electrons. The van der Waals surface area contributed by atoms with Crippen molar-refractivity contribution >= 4 is 17.7 Å². The van der Waals surface area contributed by atoms with Crippen LogP contribution in [0.5, 0.6) is 17.2 Å². The van der Waals surface area contributed by atoms with Crippen LogP contribution in [0.4, 0.5) is 0 Å². The Hall–Kier alpha value is -3.20. The van der Waals surface area contributed by atoms with Gasteiger partial charge < -0.3 is 19.1 Å². The van der Waals surface area contributed by atoms with Crippen LogP contribution in [-0.2, 0) is 17.8 Å². The first-order valence-corrected chi connectivity index (χ1v) is 10.8. The number of thioether (sulfide) groups is 1. The van der Waals surface area contributed by atoms with Crippen molar-refractivity contribution in [3.63, 3.8) is 0 Å². The first-order valence-electron chi connectivity index (χ1n) is 9.81. The summed E-state index contributed by atoms with van der Waals surface area (Å²) in [6.45, 7) is 1.22. The zero-order valence-corrected chi connectivity index (χ0v) is 18.5. The molecule has 0 aliphatic carbocycles. The fourth-order valence-electron chi connectivity index (χ4n) is 3.57. The Kier molecular flexibility index (Phi) is 6.31. The van der Waals surface area contributed by atoms with Crippen LogP contribution in [0.15, 0.2) is 47.9 Å². The van der Waals surface area contributed by atoms with Crippen molar-refractivity contribution in [2.75, 3.05) is 33.6 Å². The van der Waals surface area contributed by atoms with Crippen LogP contribution in [0.25, 0.3) is 5.69 Å². The molecule has 3 aromatic rings. The molecule has 1 amide bonds. The van der Waals surface area contributed by atoms with Crippen LogP contribution < -0.4 is 14.2 Å². The molecule has 31 heavy (non-hydrogen) atoms. The number of ether oxygens (including phenoxy) is 3. The van der Waals surface area contributed by atoms with Gasteiger partial charge in [-0.15, -0.1) is 10.2 Å². The van der Waals surface area contributed by atoms with Crippen LogP contribution in [0, 0.1) is 0 Å². The molecule has 2 aromatic carbocycles. The van der Waals surface area contributed by atoms with E-state index < -0.39 is 0 Å². The second-order valence-electron chi connectivity index (χ2n) is 7.01. The molecule has 2 heterocycles. The van der Waals surface area contributed by atoms with Gasteiger partial charge in [0.25, 0.3) is 0 Å². The number of aromatic nitrogens is 3. The van der Waals surface area contributed by atoms with Crippen LogP contribution in [-0.4, -0.2) is 59.2 Å². The molecule has 1 aliphatic heterocycles. The highest BCUT2D eigenvalue weighted by molar-refractivity contribution is 7.99. The molecule has 8 nitrogen and oxygen atoms in total. The molecule has 0 bridgehead atoms. The number of carbonyl (C=O) groups excluding carboxylic acids is 1. The average Bonchev–Trinajstić information content (AvgIpc) is 3.29. The van der Waals surface area contributed by atoms with Gasteiger partial charge in [0.2, 0.25) is 5.91 Å². The smallest absolute Gasteiger partial charge is 0.233 e. The van der Waals surface area contributed by atoms with E-state index in [4.69, 9.17) is 14.2 Å². The molecular formula is C22H24N4O4S. The fraction of sp³-hybridized carbons (Fsp3) is 0.318. The first-order chi connectivity index (χ1) is 15.1. The number of amides is 1. The fourth-order valence-corrected chi connectivity index (χ4v) is 4.41. The quantitative estimate of drug-likeness (QED) is 0.523. The van der Waals surface area contributed by atoms with Gasteiger partial charge in [-0.2, -0.15) is 0 Å². The van der Waals surface area contributed by atoms with Gasteiger partial charge in [0.1, 0.15) is 12.1 Å².